The molecule has 2 aromatic rings. The maximum atomic E-state index is 11.0. The molecule has 0 aliphatic carbocycles. The molecule has 0 saturated heterocycles. The van der Waals surface area contributed by atoms with E-state index >= 15 is 0 Å². The zero-order valence-electron chi connectivity index (χ0n) is 15.9. The summed E-state index contributed by atoms with van der Waals surface area (Å²) in [7, 11) is -7.59. The summed E-state index contributed by atoms with van der Waals surface area (Å²) < 4.78 is 44.0. The second kappa shape index (κ2) is 10.8. The van der Waals surface area contributed by atoms with E-state index in [1.165, 1.54) is 38.1 Å². The van der Waals surface area contributed by atoms with Gasteiger partial charge in [-0.3, -0.25) is 0 Å². The summed E-state index contributed by atoms with van der Waals surface area (Å²) in [5, 5.41) is 27.3. The summed E-state index contributed by atoms with van der Waals surface area (Å²) in [6.07, 6.45) is -2.56. The lowest BCUT2D eigenvalue weighted by atomic mass is 10.2. The van der Waals surface area contributed by atoms with Crippen LogP contribution in [-0.4, -0.2) is 47.5 Å². The topological polar surface area (TPSA) is 187 Å². The molecule has 30 heavy (non-hydrogen) atoms. The van der Waals surface area contributed by atoms with Crippen molar-refractivity contribution in [1.82, 2.24) is 9.97 Å². The van der Waals surface area contributed by atoms with Crippen molar-refractivity contribution in [3.63, 3.8) is 0 Å². The Morgan fingerprint density at radius 1 is 0.767 bits per heavy atom. The minimum atomic E-state index is -3.80. The van der Waals surface area contributed by atoms with Crippen molar-refractivity contribution in [3.05, 3.63) is 58.1 Å². The lowest BCUT2D eigenvalue weighted by Crippen LogP contribution is -2.31. The summed E-state index contributed by atoms with van der Waals surface area (Å²) in [6, 6.07) is 9.17. The maximum absolute atomic E-state index is 11.0. The highest BCUT2D eigenvalue weighted by atomic mass is 35.5. The lowest BCUT2D eigenvalue weighted by molar-refractivity contribution is 0.171. The van der Waals surface area contributed by atoms with E-state index in [4.69, 9.17) is 33.5 Å². The van der Waals surface area contributed by atoms with Gasteiger partial charge in [-0.15, -0.1) is 0 Å². The van der Waals surface area contributed by atoms with E-state index in [2.05, 4.69) is 9.97 Å². The normalized spacial score (nSPS) is 16.0. The number of sulfonamides is 2. The number of primary sulfonamides is 2. The van der Waals surface area contributed by atoms with E-state index in [0.717, 1.165) is 0 Å². The van der Waals surface area contributed by atoms with Crippen LogP contribution in [0.2, 0.25) is 10.3 Å². The molecule has 168 valence electrons. The molecule has 0 spiro atoms. The number of aliphatic hydroxyl groups is 2. The van der Waals surface area contributed by atoms with Gasteiger partial charge in [0.25, 0.3) is 0 Å². The van der Waals surface area contributed by atoms with E-state index < -0.39 is 42.8 Å². The van der Waals surface area contributed by atoms with Crippen molar-refractivity contribution in [1.29, 1.82) is 0 Å². The number of hydrogen-bond donors (Lipinski definition) is 4. The molecule has 0 unspecified atom stereocenters. The molecule has 10 nitrogen and oxygen atoms in total. The maximum Gasteiger partial charge on any atom is 0.214 e. The average Bonchev–Trinajstić information content (AvgIpc) is 2.64. The van der Waals surface area contributed by atoms with Gasteiger partial charge in [-0.1, -0.05) is 35.3 Å². The van der Waals surface area contributed by atoms with Crippen LogP contribution in [0.1, 0.15) is 37.4 Å². The molecule has 2 rings (SSSR count). The van der Waals surface area contributed by atoms with Gasteiger partial charge in [-0.25, -0.2) is 37.1 Å². The highest BCUT2D eigenvalue weighted by Crippen LogP contribution is 2.21. The first-order chi connectivity index (χ1) is 13.6. The molecule has 0 amide bonds. The van der Waals surface area contributed by atoms with Gasteiger partial charge < -0.3 is 10.2 Å². The number of aliphatic hydroxyl groups excluding tert-OH is 2. The number of rotatable bonds is 6. The van der Waals surface area contributed by atoms with Gasteiger partial charge in [0.05, 0.1) is 11.4 Å². The average molecular weight is 501 g/mol. The fourth-order valence-corrected chi connectivity index (χ4v) is 3.36. The summed E-state index contributed by atoms with van der Waals surface area (Å²) in [4.78, 5) is 7.61. The number of halogens is 2. The Bertz CT molecular complexity index is 983. The Balaban J connectivity index is 0.000000300. The lowest BCUT2D eigenvalue weighted by Gasteiger charge is -2.16. The third kappa shape index (κ3) is 8.04. The molecule has 0 bridgehead atoms. The number of pyridine rings is 2. The molecular formula is C16H22Cl2N4O6S2. The third-order valence-corrected chi connectivity index (χ3v) is 7.01. The number of hydrogen-bond acceptors (Lipinski definition) is 8. The molecule has 2 heterocycles. The second-order valence-corrected chi connectivity index (χ2v) is 10.9. The molecule has 0 aliphatic rings. The smallest absolute Gasteiger partial charge is 0.214 e. The van der Waals surface area contributed by atoms with Gasteiger partial charge in [0.2, 0.25) is 20.0 Å². The first-order valence-corrected chi connectivity index (χ1v) is 12.3. The summed E-state index contributed by atoms with van der Waals surface area (Å²) in [5.74, 6) is 0. The van der Waals surface area contributed by atoms with Crippen molar-refractivity contribution in [2.45, 2.75) is 36.6 Å². The highest BCUT2D eigenvalue weighted by Gasteiger charge is 2.28. The zero-order chi connectivity index (χ0) is 23.3. The summed E-state index contributed by atoms with van der Waals surface area (Å²) in [6.45, 7) is 2.62. The molecule has 2 aromatic heterocycles. The predicted octanol–water partition coefficient (Wildman–Crippen LogP) is 0.891. The number of aromatic nitrogens is 2. The molecule has 0 radical (unpaired) electrons. The van der Waals surface area contributed by atoms with Crippen LogP contribution in [0.4, 0.5) is 0 Å². The fraction of sp³-hybridized carbons (Fsp3) is 0.375. The van der Waals surface area contributed by atoms with Gasteiger partial charge in [0, 0.05) is 0 Å². The van der Waals surface area contributed by atoms with Gasteiger partial charge in [-0.2, -0.15) is 0 Å². The quantitative estimate of drug-likeness (QED) is 0.420. The largest absolute Gasteiger partial charge is 0.385 e. The molecule has 4 atom stereocenters. The van der Waals surface area contributed by atoms with Crippen molar-refractivity contribution in [2.75, 3.05) is 0 Å². The molecule has 0 aliphatic heterocycles. The minimum Gasteiger partial charge on any atom is -0.385 e. The molecule has 0 saturated carbocycles. The van der Waals surface area contributed by atoms with Gasteiger partial charge >= 0.3 is 0 Å². The predicted molar refractivity (Wildman–Crippen MR) is 114 cm³/mol. The Labute approximate surface area is 185 Å². The van der Waals surface area contributed by atoms with E-state index in [9.17, 15) is 27.0 Å². The van der Waals surface area contributed by atoms with E-state index in [-0.39, 0.29) is 21.7 Å². The second-order valence-electron chi connectivity index (χ2n) is 6.25. The molecule has 14 heteroatoms. The first-order valence-electron chi connectivity index (χ1n) is 8.29. The monoisotopic (exact) mass is 500 g/mol. The van der Waals surface area contributed by atoms with Crippen LogP contribution in [0.5, 0.6) is 0 Å². The third-order valence-electron chi connectivity index (χ3n) is 4.01. The Morgan fingerprint density at radius 2 is 1.07 bits per heavy atom. The van der Waals surface area contributed by atoms with E-state index in [0.29, 0.717) is 0 Å². The fourth-order valence-electron chi connectivity index (χ4n) is 2.02. The van der Waals surface area contributed by atoms with Crippen LogP contribution in [0.3, 0.4) is 0 Å². The van der Waals surface area contributed by atoms with Crippen LogP contribution in [0.15, 0.2) is 36.4 Å². The van der Waals surface area contributed by atoms with Gasteiger partial charge in [-0.05, 0) is 38.1 Å². The molecular weight excluding hydrogens is 479 g/mol. The van der Waals surface area contributed by atoms with Crippen LogP contribution in [-0.2, 0) is 20.0 Å². The SMILES string of the molecule is C[C@@H]([C@@H](O)c1cccc(Cl)n1)S(N)(=O)=O.C[C@H]([C@H](O)c1cccc(Cl)n1)S(N)(=O)=O. The summed E-state index contributed by atoms with van der Waals surface area (Å²) >= 11 is 11.2. The Morgan fingerprint density at radius 3 is 1.30 bits per heavy atom. The Hall–Kier alpha value is -1.38. The highest BCUT2D eigenvalue weighted by molar-refractivity contribution is 7.90. The zero-order valence-corrected chi connectivity index (χ0v) is 19.1. The standard InChI is InChI=1S/2C8H11ClN2O3S/c2*1-5(15(10,13)14)8(12)6-3-2-4-7(9)11-6/h2*2-5,8,12H,1H3,(H2,10,13,14)/t2*5-,8+/m10/s1. The molecule has 6 N–H and O–H groups in total. The van der Waals surface area contributed by atoms with E-state index in [1.54, 1.807) is 12.1 Å². The van der Waals surface area contributed by atoms with Crippen LogP contribution >= 0.6 is 23.2 Å². The molecule has 0 aromatic carbocycles. The minimum absolute atomic E-state index is 0.184. The van der Waals surface area contributed by atoms with Crippen LogP contribution in [0.25, 0.3) is 0 Å². The van der Waals surface area contributed by atoms with Crippen molar-refractivity contribution >= 4 is 43.2 Å². The van der Waals surface area contributed by atoms with Crippen molar-refractivity contribution < 1.29 is 27.0 Å². The Kier molecular flexibility index (Phi) is 9.57. The van der Waals surface area contributed by atoms with Crippen molar-refractivity contribution in [3.8, 4) is 0 Å². The molecule has 0 fully saturated rings. The van der Waals surface area contributed by atoms with Gasteiger partial charge in [0.15, 0.2) is 0 Å². The van der Waals surface area contributed by atoms with Crippen molar-refractivity contribution in [2.24, 2.45) is 10.3 Å². The van der Waals surface area contributed by atoms with E-state index in [1.807, 2.05) is 0 Å². The summed E-state index contributed by atoms with van der Waals surface area (Å²) in [5.41, 5.74) is 0.369. The first kappa shape index (κ1) is 26.7. The van der Waals surface area contributed by atoms with Gasteiger partial charge in [0.1, 0.15) is 33.0 Å². The number of nitrogens with zero attached hydrogens (tertiary/aromatic N) is 2. The number of nitrogens with two attached hydrogens (primary N) is 2. The van der Waals surface area contributed by atoms with Crippen LogP contribution < -0.4 is 10.3 Å². The van der Waals surface area contributed by atoms with Crippen LogP contribution in [0, 0.1) is 0 Å².